The number of anilines is 2. The second-order valence-corrected chi connectivity index (χ2v) is 6.13. The van der Waals surface area contributed by atoms with E-state index in [9.17, 15) is 9.59 Å². The first kappa shape index (κ1) is 18.2. The van der Waals surface area contributed by atoms with E-state index in [0.717, 1.165) is 11.1 Å². The van der Waals surface area contributed by atoms with Gasteiger partial charge in [0.2, 0.25) is 0 Å². The van der Waals surface area contributed by atoms with Crippen LogP contribution in [-0.2, 0) is 6.54 Å². The van der Waals surface area contributed by atoms with E-state index in [0.29, 0.717) is 23.5 Å². The largest absolute Gasteiger partial charge is 0.348 e. The third-order valence-electron chi connectivity index (χ3n) is 4.14. The summed E-state index contributed by atoms with van der Waals surface area (Å²) in [7, 11) is 0. The van der Waals surface area contributed by atoms with Crippen LogP contribution < -0.4 is 16.0 Å². The molecular formula is C22H21N3O2. The molecule has 0 spiro atoms. The number of para-hydroxylation sites is 1. The molecule has 0 aliphatic rings. The smallest absolute Gasteiger partial charge is 0.323 e. The van der Waals surface area contributed by atoms with Crippen LogP contribution in [0.1, 0.15) is 21.5 Å². The quantitative estimate of drug-likeness (QED) is 0.624. The van der Waals surface area contributed by atoms with Crippen molar-refractivity contribution in [2.75, 3.05) is 10.6 Å². The van der Waals surface area contributed by atoms with Gasteiger partial charge in [-0.1, -0.05) is 42.5 Å². The van der Waals surface area contributed by atoms with Crippen molar-refractivity contribution < 1.29 is 9.59 Å². The van der Waals surface area contributed by atoms with Gasteiger partial charge in [-0.05, 0) is 54.4 Å². The number of urea groups is 1. The minimum Gasteiger partial charge on any atom is -0.348 e. The van der Waals surface area contributed by atoms with Crippen molar-refractivity contribution in [2.24, 2.45) is 0 Å². The maximum absolute atomic E-state index is 12.3. The highest BCUT2D eigenvalue weighted by Gasteiger charge is 2.07. The van der Waals surface area contributed by atoms with Gasteiger partial charge >= 0.3 is 6.03 Å². The summed E-state index contributed by atoms with van der Waals surface area (Å²) in [5.74, 6) is -0.154. The van der Waals surface area contributed by atoms with Crippen molar-refractivity contribution in [2.45, 2.75) is 13.5 Å². The highest BCUT2D eigenvalue weighted by molar-refractivity contribution is 6.00. The lowest BCUT2D eigenvalue weighted by Crippen LogP contribution is -2.23. The second-order valence-electron chi connectivity index (χ2n) is 6.13. The summed E-state index contributed by atoms with van der Waals surface area (Å²) in [6.45, 7) is 2.49. The number of carbonyl (C=O) groups excluding carboxylic acids is 2. The zero-order valence-electron chi connectivity index (χ0n) is 15.0. The number of carbonyl (C=O) groups is 2. The van der Waals surface area contributed by atoms with Crippen molar-refractivity contribution in [1.82, 2.24) is 5.32 Å². The van der Waals surface area contributed by atoms with E-state index in [2.05, 4.69) is 16.0 Å². The van der Waals surface area contributed by atoms with Crippen LogP contribution in [0.15, 0.2) is 78.9 Å². The van der Waals surface area contributed by atoms with Crippen molar-refractivity contribution in [3.8, 4) is 0 Å². The molecule has 0 aromatic heterocycles. The summed E-state index contributed by atoms with van der Waals surface area (Å²) in [5, 5.41) is 8.39. The number of hydrogen-bond acceptors (Lipinski definition) is 2. The van der Waals surface area contributed by atoms with Gasteiger partial charge < -0.3 is 16.0 Å². The summed E-state index contributed by atoms with van der Waals surface area (Å²) in [6, 6.07) is 23.6. The minimum absolute atomic E-state index is 0.154. The lowest BCUT2D eigenvalue weighted by Gasteiger charge is -2.10. The highest BCUT2D eigenvalue weighted by Crippen LogP contribution is 2.12. The molecule has 0 heterocycles. The number of rotatable bonds is 5. The number of hydrogen-bond donors (Lipinski definition) is 3. The average Bonchev–Trinajstić information content (AvgIpc) is 2.68. The number of amides is 3. The summed E-state index contributed by atoms with van der Waals surface area (Å²) >= 11 is 0. The Labute approximate surface area is 158 Å². The topological polar surface area (TPSA) is 70.2 Å². The van der Waals surface area contributed by atoms with Crippen molar-refractivity contribution in [3.05, 3.63) is 95.6 Å². The van der Waals surface area contributed by atoms with Crippen LogP contribution in [0.2, 0.25) is 0 Å². The molecular weight excluding hydrogens is 338 g/mol. The fraction of sp³-hybridized carbons (Fsp3) is 0.0909. The third-order valence-corrected chi connectivity index (χ3v) is 4.14. The molecule has 27 heavy (non-hydrogen) atoms. The molecule has 0 aliphatic heterocycles. The van der Waals surface area contributed by atoms with Gasteiger partial charge in [0.05, 0.1) is 0 Å². The SMILES string of the molecule is Cc1ccccc1CNC(=O)c1ccc(NC(=O)Nc2ccccc2)cc1. The normalized spacial score (nSPS) is 10.1. The molecule has 136 valence electrons. The van der Waals surface area contributed by atoms with Crippen LogP contribution >= 0.6 is 0 Å². The molecule has 0 saturated heterocycles. The van der Waals surface area contributed by atoms with E-state index >= 15 is 0 Å². The Morgan fingerprint density at radius 1 is 0.741 bits per heavy atom. The molecule has 0 saturated carbocycles. The predicted octanol–water partition coefficient (Wildman–Crippen LogP) is 4.57. The van der Waals surface area contributed by atoms with E-state index in [1.807, 2.05) is 61.5 Å². The average molecular weight is 359 g/mol. The van der Waals surface area contributed by atoms with Gasteiger partial charge in [-0.15, -0.1) is 0 Å². The third kappa shape index (κ3) is 5.19. The van der Waals surface area contributed by atoms with Crippen LogP contribution in [0.3, 0.4) is 0 Å². The van der Waals surface area contributed by atoms with E-state index in [1.54, 1.807) is 24.3 Å². The van der Waals surface area contributed by atoms with Gasteiger partial charge in [-0.25, -0.2) is 4.79 Å². The molecule has 0 aliphatic carbocycles. The maximum Gasteiger partial charge on any atom is 0.323 e. The predicted molar refractivity (Wildman–Crippen MR) is 108 cm³/mol. The Morgan fingerprint density at radius 2 is 1.33 bits per heavy atom. The second kappa shape index (κ2) is 8.67. The van der Waals surface area contributed by atoms with Gasteiger partial charge in [0.1, 0.15) is 0 Å². The molecule has 3 rings (SSSR count). The molecule has 3 N–H and O–H groups in total. The van der Waals surface area contributed by atoms with Crippen molar-refractivity contribution >= 4 is 23.3 Å². The van der Waals surface area contributed by atoms with E-state index in [-0.39, 0.29) is 11.9 Å². The van der Waals surface area contributed by atoms with Gasteiger partial charge in [-0.3, -0.25) is 4.79 Å². The standard InChI is InChI=1S/C22H21N3O2/c1-16-7-5-6-8-18(16)15-23-21(26)17-11-13-20(14-12-17)25-22(27)24-19-9-3-2-4-10-19/h2-14H,15H2,1H3,(H,23,26)(H2,24,25,27). The number of benzene rings is 3. The van der Waals surface area contributed by atoms with Crippen molar-refractivity contribution in [1.29, 1.82) is 0 Å². The molecule has 0 radical (unpaired) electrons. The Morgan fingerprint density at radius 3 is 2.00 bits per heavy atom. The monoisotopic (exact) mass is 359 g/mol. The van der Waals surface area contributed by atoms with Crippen LogP contribution in [0.4, 0.5) is 16.2 Å². The molecule has 0 atom stereocenters. The zero-order chi connectivity index (χ0) is 19.1. The molecule has 3 amide bonds. The zero-order valence-corrected chi connectivity index (χ0v) is 15.0. The minimum atomic E-state index is -0.335. The summed E-state index contributed by atoms with van der Waals surface area (Å²) in [5.41, 5.74) is 4.09. The van der Waals surface area contributed by atoms with Gasteiger partial charge in [0.25, 0.3) is 5.91 Å². The first-order chi connectivity index (χ1) is 13.1. The first-order valence-electron chi connectivity index (χ1n) is 8.67. The molecule has 0 unspecified atom stereocenters. The lowest BCUT2D eigenvalue weighted by molar-refractivity contribution is 0.0951. The number of nitrogens with one attached hydrogen (secondary N) is 3. The van der Waals surface area contributed by atoms with Crippen LogP contribution in [-0.4, -0.2) is 11.9 Å². The van der Waals surface area contributed by atoms with Gasteiger partial charge in [-0.2, -0.15) is 0 Å². The highest BCUT2D eigenvalue weighted by atomic mass is 16.2. The fourth-order valence-electron chi connectivity index (χ4n) is 2.61. The Hall–Kier alpha value is -3.60. The fourth-order valence-corrected chi connectivity index (χ4v) is 2.61. The summed E-state index contributed by atoms with van der Waals surface area (Å²) in [6.07, 6.45) is 0. The van der Waals surface area contributed by atoms with Gasteiger partial charge in [0, 0.05) is 23.5 Å². The van der Waals surface area contributed by atoms with E-state index < -0.39 is 0 Å². The molecule has 3 aromatic rings. The van der Waals surface area contributed by atoms with Crippen LogP contribution in [0.5, 0.6) is 0 Å². The van der Waals surface area contributed by atoms with Crippen molar-refractivity contribution in [3.63, 3.8) is 0 Å². The van der Waals surface area contributed by atoms with E-state index in [4.69, 9.17) is 0 Å². The lowest BCUT2D eigenvalue weighted by atomic mass is 10.1. The molecule has 5 nitrogen and oxygen atoms in total. The molecule has 5 heteroatoms. The van der Waals surface area contributed by atoms with Crippen LogP contribution in [0.25, 0.3) is 0 Å². The first-order valence-corrected chi connectivity index (χ1v) is 8.67. The molecule has 3 aromatic carbocycles. The molecule has 0 bridgehead atoms. The van der Waals surface area contributed by atoms with Gasteiger partial charge in [0.15, 0.2) is 0 Å². The summed E-state index contributed by atoms with van der Waals surface area (Å²) < 4.78 is 0. The maximum atomic E-state index is 12.3. The van der Waals surface area contributed by atoms with Crippen LogP contribution in [0, 0.1) is 6.92 Å². The summed E-state index contributed by atoms with van der Waals surface area (Å²) in [4.78, 5) is 24.3. The molecule has 0 fully saturated rings. The Balaban J connectivity index is 1.54. The Kier molecular flexibility index (Phi) is 5.84. The number of aryl methyl sites for hydroxylation is 1. The Bertz CT molecular complexity index is 922. The van der Waals surface area contributed by atoms with E-state index in [1.165, 1.54) is 0 Å².